The van der Waals surface area contributed by atoms with Crippen molar-refractivity contribution in [2.75, 3.05) is 5.32 Å². The average Bonchev–Trinajstić information content (AvgIpc) is 3.38. The molecule has 0 spiro atoms. The molecule has 3 rings (SSSR count). The van der Waals surface area contributed by atoms with Gasteiger partial charge in [-0.1, -0.05) is 67.5 Å². The van der Waals surface area contributed by atoms with E-state index in [4.69, 9.17) is 0 Å². The molecule has 2 aromatic heterocycles. The first-order valence-corrected chi connectivity index (χ1v) is 10.7. The molecule has 0 radical (unpaired) electrons. The second kappa shape index (κ2) is 9.07. The number of hydrogen-bond donors (Lipinski definition) is 2. The van der Waals surface area contributed by atoms with E-state index in [9.17, 15) is 9.59 Å². The van der Waals surface area contributed by atoms with Crippen LogP contribution in [0.4, 0.5) is 5.13 Å². The molecule has 2 amide bonds. The van der Waals surface area contributed by atoms with E-state index in [1.807, 2.05) is 56.5 Å². The van der Waals surface area contributed by atoms with E-state index in [2.05, 4.69) is 20.8 Å². The number of aromatic nitrogens is 2. The van der Waals surface area contributed by atoms with E-state index in [-0.39, 0.29) is 17.7 Å². The van der Waals surface area contributed by atoms with Crippen LogP contribution >= 0.6 is 22.7 Å². The number of nitrogens with zero attached hydrogens (tertiary/aromatic N) is 2. The van der Waals surface area contributed by atoms with Crippen LogP contribution in [-0.2, 0) is 4.79 Å². The minimum absolute atomic E-state index is 0.0200. The number of aryl methyl sites for hydroxylation is 1. The summed E-state index contributed by atoms with van der Waals surface area (Å²) >= 11 is 2.65. The van der Waals surface area contributed by atoms with Gasteiger partial charge in [-0.25, -0.2) is 0 Å². The van der Waals surface area contributed by atoms with Crippen LogP contribution in [0.2, 0.25) is 0 Å². The van der Waals surface area contributed by atoms with Gasteiger partial charge in [-0.2, -0.15) is 0 Å². The fourth-order valence-electron chi connectivity index (χ4n) is 2.59. The summed E-state index contributed by atoms with van der Waals surface area (Å²) in [6.07, 6.45) is 0.757. The molecule has 28 heavy (non-hydrogen) atoms. The van der Waals surface area contributed by atoms with Gasteiger partial charge in [0.2, 0.25) is 11.0 Å². The Kier molecular flexibility index (Phi) is 6.53. The molecule has 0 aliphatic carbocycles. The van der Waals surface area contributed by atoms with Crippen LogP contribution in [0.25, 0.3) is 10.6 Å². The van der Waals surface area contributed by atoms with Crippen LogP contribution in [0.15, 0.2) is 41.8 Å². The Labute approximate surface area is 172 Å². The van der Waals surface area contributed by atoms with Crippen LogP contribution in [0.1, 0.15) is 35.5 Å². The van der Waals surface area contributed by atoms with Crippen LogP contribution < -0.4 is 10.6 Å². The van der Waals surface area contributed by atoms with Crippen molar-refractivity contribution in [2.45, 2.75) is 33.2 Å². The van der Waals surface area contributed by atoms with Crippen molar-refractivity contribution in [3.8, 4) is 10.6 Å². The minimum Gasteiger partial charge on any atom is -0.339 e. The van der Waals surface area contributed by atoms with Gasteiger partial charge in [-0.3, -0.25) is 14.9 Å². The SMILES string of the molecule is CCC(C)C(NC(=O)c1cccs1)C(=O)Nc1nnc(-c2ccc(C)cc2)s1. The number of anilines is 1. The maximum Gasteiger partial charge on any atom is 0.262 e. The molecule has 3 aromatic rings. The molecule has 2 unspecified atom stereocenters. The van der Waals surface area contributed by atoms with Crippen molar-refractivity contribution >= 4 is 39.6 Å². The van der Waals surface area contributed by atoms with Crippen molar-refractivity contribution in [1.29, 1.82) is 0 Å². The molecule has 0 bridgehead atoms. The van der Waals surface area contributed by atoms with Gasteiger partial charge in [0, 0.05) is 5.56 Å². The van der Waals surface area contributed by atoms with E-state index >= 15 is 0 Å². The number of carbonyl (C=O) groups excluding carboxylic acids is 2. The molecular formula is C20H22N4O2S2. The molecule has 146 valence electrons. The zero-order valence-corrected chi connectivity index (χ0v) is 17.6. The molecule has 2 heterocycles. The molecule has 8 heteroatoms. The molecule has 6 nitrogen and oxygen atoms in total. The highest BCUT2D eigenvalue weighted by atomic mass is 32.1. The summed E-state index contributed by atoms with van der Waals surface area (Å²) in [5.41, 5.74) is 2.12. The smallest absolute Gasteiger partial charge is 0.262 e. The standard InChI is InChI=1S/C20H22N4O2S2/c1-4-13(3)16(21-17(25)15-6-5-11-27-15)18(26)22-20-24-23-19(28-20)14-9-7-12(2)8-10-14/h5-11,13,16H,4H2,1-3H3,(H,21,25)(H,22,24,26). The first-order valence-electron chi connectivity index (χ1n) is 9.03. The fraction of sp³-hybridized carbons (Fsp3) is 0.300. The molecule has 2 atom stereocenters. The third-order valence-electron chi connectivity index (χ3n) is 4.48. The monoisotopic (exact) mass is 414 g/mol. The number of nitrogens with one attached hydrogen (secondary N) is 2. The summed E-state index contributed by atoms with van der Waals surface area (Å²) in [6, 6.07) is 10.9. The summed E-state index contributed by atoms with van der Waals surface area (Å²) in [4.78, 5) is 25.8. The van der Waals surface area contributed by atoms with Crippen molar-refractivity contribution in [3.05, 3.63) is 52.2 Å². The molecule has 1 aromatic carbocycles. The Bertz CT molecular complexity index is 936. The maximum atomic E-state index is 12.8. The van der Waals surface area contributed by atoms with Gasteiger partial charge in [0.05, 0.1) is 4.88 Å². The first kappa shape index (κ1) is 20.2. The summed E-state index contributed by atoms with van der Waals surface area (Å²) < 4.78 is 0. The molecule has 0 aliphatic heterocycles. The minimum atomic E-state index is -0.647. The molecule has 0 aliphatic rings. The Balaban J connectivity index is 1.71. The topological polar surface area (TPSA) is 84.0 Å². The lowest BCUT2D eigenvalue weighted by atomic mass is 9.98. The first-order chi connectivity index (χ1) is 13.5. The van der Waals surface area contributed by atoms with Crippen molar-refractivity contribution < 1.29 is 9.59 Å². The van der Waals surface area contributed by atoms with Gasteiger partial charge in [0.15, 0.2) is 0 Å². The maximum absolute atomic E-state index is 12.8. The highest BCUT2D eigenvalue weighted by Gasteiger charge is 2.27. The number of carbonyl (C=O) groups is 2. The molecule has 0 fully saturated rings. The zero-order chi connectivity index (χ0) is 20.1. The van der Waals surface area contributed by atoms with Gasteiger partial charge in [-0.15, -0.1) is 21.5 Å². The van der Waals surface area contributed by atoms with Crippen molar-refractivity contribution in [2.24, 2.45) is 5.92 Å². The highest BCUT2D eigenvalue weighted by molar-refractivity contribution is 7.18. The number of hydrogen-bond acceptors (Lipinski definition) is 6. The van der Waals surface area contributed by atoms with E-state index in [0.29, 0.717) is 10.0 Å². The van der Waals surface area contributed by atoms with Gasteiger partial charge in [0.1, 0.15) is 11.0 Å². The normalized spacial score (nSPS) is 13.0. The predicted molar refractivity (Wildman–Crippen MR) is 114 cm³/mol. The predicted octanol–water partition coefficient (Wildman–Crippen LogP) is 4.36. The van der Waals surface area contributed by atoms with E-state index in [1.165, 1.54) is 28.2 Å². The lowest BCUT2D eigenvalue weighted by Gasteiger charge is -2.22. The number of amides is 2. The third-order valence-corrected chi connectivity index (χ3v) is 6.24. The third kappa shape index (κ3) is 4.82. The van der Waals surface area contributed by atoms with Crippen molar-refractivity contribution in [1.82, 2.24) is 15.5 Å². The van der Waals surface area contributed by atoms with Crippen molar-refractivity contribution in [3.63, 3.8) is 0 Å². The van der Waals surface area contributed by atoms with Gasteiger partial charge < -0.3 is 5.32 Å². The highest BCUT2D eigenvalue weighted by Crippen LogP contribution is 2.27. The summed E-state index contributed by atoms with van der Waals surface area (Å²) in [5.74, 6) is -0.549. The quantitative estimate of drug-likeness (QED) is 0.602. The van der Waals surface area contributed by atoms with E-state index in [1.54, 1.807) is 6.07 Å². The molecule has 0 saturated carbocycles. The number of thiophene rings is 1. The van der Waals surface area contributed by atoms with Crippen LogP contribution in [0, 0.1) is 12.8 Å². The van der Waals surface area contributed by atoms with E-state index in [0.717, 1.165) is 17.0 Å². The number of rotatable bonds is 7. The fourth-order valence-corrected chi connectivity index (χ4v) is 3.97. The summed E-state index contributed by atoms with van der Waals surface area (Å²) in [7, 11) is 0. The number of benzene rings is 1. The summed E-state index contributed by atoms with van der Waals surface area (Å²) in [6.45, 7) is 5.95. The van der Waals surface area contributed by atoms with Crippen LogP contribution in [0.5, 0.6) is 0 Å². The molecule has 0 saturated heterocycles. The molecular weight excluding hydrogens is 392 g/mol. The average molecular weight is 415 g/mol. The van der Waals surface area contributed by atoms with Gasteiger partial charge in [-0.05, 0) is 24.3 Å². The molecule has 2 N–H and O–H groups in total. The Morgan fingerprint density at radius 2 is 1.89 bits per heavy atom. The largest absolute Gasteiger partial charge is 0.339 e. The lowest BCUT2D eigenvalue weighted by Crippen LogP contribution is -2.47. The lowest BCUT2D eigenvalue weighted by molar-refractivity contribution is -0.119. The van der Waals surface area contributed by atoms with Gasteiger partial charge in [0.25, 0.3) is 5.91 Å². The van der Waals surface area contributed by atoms with Gasteiger partial charge >= 0.3 is 0 Å². The second-order valence-electron chi connectivity index (χ2n) is 6.58. The second-order valence-corrected chi connectivity index (χ2v) is 8.51. The Morgan fingerprint density at radius 3 is 2.54 bits per heavy atom. The van der Waals surface area contributed by atoms with Crippen LogP contribution in [-0.4, -0.2) is 28.1 Å². The summed E-state index contributed by atoms with van der Waals surface area (Å²) in [5, 5.41) is 16.9. The van der Waals surface area contributed by atoms with E-state index < -0.39 is 6.04 Å². The van der Waals surface area contributed by atoms with Crippen LogP contribution in [0.3, 0.4) is 0 Å². The Hall–Kier alpha value is -2.58. The zero-order valence-electron chi connectivity index (χ0n) is 15.9. The Morgan fingerprint density at radius 1 is 1.14 bits per heavy atom.